The largest absolute Gasteiger partial charge is 0.480 e. The van der Waals surface area contributed by atoms with Crippen molar-refractivity contribution in [2.45, 2.75) is 39.3 Å². The second-order valence-corrected chi connectivity index (χ2v) is 6.38. The summed E-state index contributed by atoms with van der Waals surface area (Å²) in [7, 11) is 0. The second kappa shape index (κ2) is 6.46. The summed E-state index contributed by atoms with van der Waals surface area (Å²) >= 11 is 0. The number of hydrogen-bond donors (Lipinski definition) is 1. The Balaban J connectivity index is 1.74. The quantitative estimate of drug-likeness (QED) is 0.911. The highest BCUT2D eigenvalue weighted by Crippen LogP contribution is 2.24. The maximum absolute atomic E-state index is 12.6. The number of carbonyl (C=O) groups excluding carboxylic acids is 1. The average Bonchev–Trinajstić information content (AvgIpc) is 3.16. The lowest BCUT2D eigenvalue weighted by atomic mass is 9.92. The van der Waals surface area contributed by atoms with Crippen molar-refractivity contribution in [2.24, 2.45) is 5.92 Å². The van der Waals surface area contributed by atoms with Crippen LogP contribution in [0.4, 0.5) is 0 Å². The summed E-state index contributed by atoms with van der Waals surface area (Å²) in [5.74, 6) is -0.601. The summed E-state index contributed by atoms with van der Waals surface area (Å²) in [4.78, 5) is 25.4. The van der Waals surface area contributed by atoms with Crippen LogP contribution in [0.1, 0.15) is 41.6 Å². The molecule has 8 nitrogen and oxygen atoms in total. The maximum atomic E-state index is 12.6. The molecule has 2 atom stereocenters. The van der Waals surface area contributed by atoms with Gasteiger partial charge in [0.25, 0.3) is 5.91 Å². The van der Waals surface area contributed by atoms with Crippen LogP contribution in [0.3, 0.4) is 0 Å². The number of nitrogens with zero attached hydrogens (tertiary/aromatic N) is 4. The van der Waals surface area contributed by atoms with E-state index in [2.05, 4.69) is 10.3 Å². The Morgan fingerprint density at radius 2 is 2.25 bits per heavy atom. The van der Waals surface area contributed by atoms with Crippen LogP contribution in [0.2, 0.25) is 0 Å². The number of aliphatic carboxylic acids is 1. The lowest BCUT2D eigenvalue weighted by Crippen LogP contribution is -2.49. The third kappa shape index (κ3) is 3.32. The van der Waals surface area contributed by atoms with Gasteiger partial charge in [-0.25, -0.2) is 4.79 Å². The Bertz CT molecular complexity index is 751. The van der Waals surface area contributed by atoms with Crippen LogP contribution < -0.4 is 0 Å². The molecule has 0 aliphatic carbocycles. The number of carboxylic acids is 1. The molecule has 24 heavy (non-hydrogen) atoms. The highest BCUT2D eigenvalue weighted by atomic mass is 16.5. The van der Waals surface area contributed by atoms with Gasteiger partial charge in [-0.1, -0.05) is 12.1 Å². The molecule has 0 aromatic carbocycles. The first-order valence-corrected chi connectivity index (χ1v) is 7.92. The van der Waals surface area contributed by atoms with Crippen molar-refractivity contribution in [3.8, 4) is 0 Å². The van der Waals surface area contributed by atoms with Crippen LogP contribution in [0, 0.1) is 12.8 Å². The molecule has 0 radical (unpaired) electrons. The van der Waals surface area contributed by atoms with Crippen molar-refractivity contribution in [1.29, 1.82) is 0 Å². The minimum atomic E-state index is -0.981. The van der Waals surface area contributed by atoms with Crippen LogP contribution in [0.15, 0.2) is 23.0 Å². The first-order valence-electron chi connectivity index (χ1n) is 7.92. The van der Waals surface area contributed by atoms with Crippen molar-refractivity contribution < 1.29 is 19.2 Å². The molecule has 0 spiro atoms. The zero-order valence-corrected chi connectivity index (χ0v) is 13.7. The van der Waals surface area contributed by atoms with E-state index in [1.807, 2.05) is 20.0 Å². The van der Waals surface area contributed by atoms with E-state index in [4.69, 9.17) is 4.52 Å². The van der Waals surface area contributed by atoms with E-state index in [-0.39, 0.29) is 11.6 Å². The molecular formula is C16H20N4O4. The Morgan fingerprint density at radius 3 is 2.92 bits per heavy atom. The number of aryl methyl sites for hydroxylation is 1. The molecule has 1 aliphatic heterocycles. The summed E-state index contributed by atoms with van der Waals surface area (Å²) in [5.41, 5.74) is 1.16. The molecule has 0 saturated carbocycles. The van der Waals surface area contributed by atoms with Crippen molar-refractivity contribution in [3.63, 3.8) is 0 Å². The standard InChI is InChI=1S/C16H20N4O4/c1-10-3-4-20(14(5-10)16(22)23)15(21)13-6-12(24-18-13)9-19-8-11(2)7-17-19/h6-8,10,14H,3-5,9H2,1-2H3,(H,22,23). The van der Waals surface area contributed by atoms with Gasteiger partial charge in [-0.3, -0.25) is 9.48 Å². The highest BCUT2D eigenvalue weighted by molar-refractivity contribution is 5.95. The molecule has 1 aliphatic rings. The van der Waals surface area contributed by atoms with E-state index in [9.17, 15) is 14.7 Å². The summed E-state index contributed by atoms with van der Waals surface area (Å²) < 4.78 is 6.89. The summed E-state index contributed by atoms with van der Waals surface area (Å²) in [6, 6.07) is 0.742. The van der Waals surface area contributed by atoms with Gasteiger partial charge >= 0.3 is 5.97 Å². The van der Waals surface area contributed by atoms with Crippen LogP contribution in [-0.2, 0) is 11.3 Å². The average molecular weight is 332 g/mol. The lowest BCUT2D eigenvalue weighted by molar-refractivity contribution is -0.144. The van der Waals surface area contributed by atoms with Gasteiger partial charge in [-0.15, -0.1) is 0 Å². The number of carbonyl (C=O) groups is 2. The van der Waals surface area contributed by atoms with Crippen molar-refractivity contribution in [3.05, 3.63) is 35.5 Å². The molecule has 0 bridgehead atoms. The molecule has 128 valence electrons. The molecule has 3 heterocycles. The third-order valence-electron chi connectivity index (χ3n) is 4.27. The molecule has 2 aromatic heterocycles. The van der Waals surface area contributed by atoms with Crippen LogP contribution in [-0.4, -0.2) is 49.4 Å². The van der Waals surface area contributed by atoms with E-state index < -0.39 is 17.9 Å². The van der Waals surface area contributed by atoms with Crippen molar-refractivity contribution >= 4 is 11.9 Å². The van der Waals surface area contributed by atoms with E-state index in [0.717, 1.165) is 12.0 Å². The summed E-state index contributed by atoms with van der Waals surface area (Å²) in [6.07, 6.45) is 4.83. The number of likely N-dealkylation sites (tertiary alicyclic amines) is 1. The van der Waals surface area contributed by atoms with Gasteiger partial charge in [0.1, 0.15) is 12.6 Å². The first kappa shape index (κ1) is 16.2. The number of piperidine rings is 1. The van der Waals surface area contributed by atoms with Crippen molar-refractivity contribution in [1.82, 2.24) is 19.8 Å². The molecule has 1 fully saturated rings. The topological polar surface area (TPSA) is 101 Å². The molecule has 2 aromatic rings. The first-order chi connectivity index (χ1) is 11.4. The number of aromatic nitrogens is 3. The number of rotatable bonds is 4. The maximum Gasteiger partial charge on any atom is 0.326 e. The number of amides is 1. The number of hydrogen-bond acceptors (Lipinski definition) is 5. The fraction of sp³-hybridized carbons (Fsp3) is 0.500. The normalized spacial score (nSPS) is 21.0. The van der Waals surface area contributed by atoms with Crippen LogP contribution >= 0.6 is 0 Å². The summed E-state index contributed by atoms with van der Waals surface area (Å²) in [5, 5.41) is 17.3. The van der Waals surface area contributed by atoms with Gasteiger partial charge in [0, 0.05) is 18.8 Å². The van der Waals surface area contributed by atoms with Gasteiger partial charge in [0.2, 0.25) is 0 Å². The van der Waals surface area contributed by atoms with Crippen molar-refractivity contribution in [2.75, 3.05) is 6.54 Å². The van der Waals surface area contributed by atoms with Crippen LogP contribution in [0.25, 0.3) is 0 Å². The van der Waals surface area contributed by atoms with E-state index >= 15 is 0 Å². The Hall–Kier alpha value is -2.64. The molecule has 2 unspecified atom stereocenters. The minimum absolute atomic E-state index is 0.134. The summed E-state index contributed by atoms with van der Waals surface area (Å²) in [6.45, 7) is 4.71. The van der Waals surface area contributed by atoms with Gasteiger partial charge in [0.15, 0.2) is 11.5 Å². The lowest BCUT2D eigenvalue weighted by Gasteiger charge is -2.35. The van der Waals surface area contributed by atoms with Crippen LogP contribution in [0.5, 0.6) is 0 Å². The second-order valence-electron chi connectivity index (χ2n) is 6.38. The predicted octanol–water partition coefficient (Wildman–Crippen LogP) is 1.55. The zero-order chi connectivity index (χ0) is 17.3. The van der Waals surface area contributed by atoms with E-state index in [1.54, 1.807) is 16.9 Å². The van der Waals surface area contributed by atoms with Gasteiger partial charge in [-0.05, 0) is 31.2 Å². The fourth-order valence-electron chi connectivity index (χ4n) is 2.97. The molecule has 3 rings (SSSR count). The highest BCUT2D eigenvalue weighted by Gasteiger charge is 2.36. The fourth-order valence-corrected chi connectivity index (χ4v) is 2.97. The minimum Gasteiger partial charge on any atom is -0.480 e. The molecule has 1 N–H and O–H groups in total. The smallest absolute Gasteiger partial charge is 0.326 e. The van der Waals surface area contributed by atoms with Gasteiger partial charge in [0.05, 0.1) is 6.20 Å². The zero-order valence-electron chi connectivity index (χ0n) is 13.7. The van der Waals surface area contributed by atoms with E-state index in [0.29, 0.717) is 25.3 Å². The number of carboxylic acid groups (broad SMARTS) is 1. The molecule has 1 amide bonds. The molecule has 8 heteroatoms. The SMILES string of the molecule is Cc1cnn(Cc2cc(C(=O)N3CCC(C)CC3C(=O)O)no2)c1. The van der Waals surface area contributed by atoms with E-state index in [1.165, 1.54) is 4.90 Å². The van der Waals surface area contributed by atoms with Gasteiger partial charge in [-0.2, -0.15) is 5.10 Å². The molecular weight excluding hydrogens is 312 g/mol. The monoisotopic (exact) mass is 332 g/mol. The predicted molar refractivity (Wildman–Crippen MR) is 83.4 cm³/mol. The Morgan fingerprint density at radius 1 is 1.46 bits per heavy atom. The third-order valence-corrected chi connectivity index (χ3v) is 4.27. The Kier molecular flexibility index (Phi) is 4.37. The van der Waals surface area contributed by atoms with Gasteiger partial charge < -0.3 is 14.5 Å². The molecule has 1 saturated heterocycles. The Labute approximate surface area is 139 Å².